The number of nitrogens with zero attached hydrogens (tertiary/aromatic N) is 3. The second-order valence-electron chi connectivity index (χ2n) is 6.23. The molecule has 9 heteroatoms. The second-order valence-corrected chi connectivity index (χ2v) is 6.23. The SMILES string of the molecule is O=C(Nc1ncnc2c1ccn2[C@@H]1O[C@H](CO)[C@@H](O)[C@H]1O)c1ccccc1. The van der Waals surface area contributed by atoms with E-state index in [1.54, 1.807) is 41.1 Å². The zero-order valence-electron chi connectivity index (χ0n) is 14.1. The van der Waals surface area contributed by atoms with E-state index in [-0.39, 0.29) is 5.91 Å². The van der Waals surface area contributed by atoms with E-state index in [9.17, 15) is 20.1 Å². The third kappa shape index (κ3) is 3.06. The van der Waals surface area contributed by atoms with E-state index in [0.29, 0.717) is 22.4 Å². The first-order valence-electron chi connectivity index (χ1n) is 8.40. The van der Waals surface area contributed by atoms with E-state index in [1.165, 1.54) is 6.33 Å². The molecule has 9 nitrogen and oxygen atoms in total. The molecule has 4 atom stereocenters. The summed E-state index contributed by atoms with van der Waals surface area (Å²) in [6, 6.07) is 10.4. The van der Waals surface area contributed by atoms with Crippen LogP contribution in [0.15, 0.2) is 48.9 Å². The van der Waals surface area contributed by atoms with Crippen LogP contribution in [0.4, 0.5) is 5.82 Å². The number of amides is 1. The number of carbonyl (C=O) groups excluding carboxylic acids is 1. The maximum Gasteiger partial charge on any atom is 0.256 e. The predicted octanol–water partition coefficient (Wildman–Crippen LogP) is 0.295. The van der Waals surface area contributed by atoms with Crippen molar-refractivity contribution in [3.63, 3.8) is 0 Å². The van der Waals surface area contributed by atoms with Gasteiger partial charge in [0, 0.05) is 11.8 Å². The molecule has 1 fully saturated rings. The molecule has 3 heterocycles. The van der Waals surface area contributed by atoms with Crippen molar-refractivity contribution in [3.8, 4) is 0 Å². The predicted molar refractivity (Wildman–Crippen MR) is 94.9 cm³/mol. The van der Waals surface area contributed by atoms with Gasteiger partial charge in [-0.3, -0.25) is 4.79 Å². The largest absolute Gasteiger partial charge is 0.394 e. The van der Waals surface area contributed by atoms with Crippen molar-refractivity contribution < 1.29 is 24.9 Å². The number of carbonyl (C=O) groups is 1. The number of anilines is 1. The molecule has 0 bridgehead atoms. The lowest BCUT2D eigenvalue weighted by Gasteiger charge is -2.17. The van der Waals surface area contributed by atoms with Gasteiger partial charge in [0.25, 0.3) is 5.91 Å². The topological polar surface area (TPSA) is 130 Å². The van der Waals surface area contributed by atoms with Gasteiger partial charge in [-0.2, -0.15) is 0 Å². The van der Waals surface area contributed by atoms with Crippen molar-refractivity contribution in [1.82, 2.24) is 14.5 Å². The fourth-order valence-electron chi connectivity index (χ4n) is 3.15. The molecule has 1 saturated heterocycles. The molecule has 27 heavy (non-hydrogen) atoms. The van der Waals surface area contributed by atoms with Crippen molar-refractivity contribution in [3.05, 3.63) is 54.5 Å². The molecule has 1 amide bonds. The summed E-state index contributed by atoms with van der Waals surface area (Å²) in [5, 5.41) is 32.8. The Balaban J connectivity index is 1.65. The van der Waals surface area contributed by atoms with E-state index < -0.39 is 31.1 Å². The maximum absolute atomic E-state index is 12.4. The molecule has 1 aromatic carbocycles. The van der Waals surface area contributed by atoms with Gasteiger partial charge in [0.05, 0.1) is 12.0 Å². The van der Waals surface area contributed by atoms with Crippen LogP contribution in [0.1, 0.15) is 16.6 Å². The van der Waals surface area contributed by atoms with Crippen LogP contribution in [0.25, 0.3) is 11.0 Å². The van der Waals surface area contributed by atoms with Crippen LogP contribution in [-0.4, -0.2) is 60.7 Å². The Bertz CT molecular complexity index is 961. The first kappa shape index (κ1) is 17.6. The van der Waals surface area contributed by atoms with Crippen LogP contribution >= 0.6 is 0 Å². The highest BCUT2D eigenvalue weighted by Gasteiger charge is 2.43. The highest BCUT2D eigenvalue weighted by Crippen LogP contribution is 2.33. The molecular weight excluding hydrogens is 352 g/mol. The maximum atomic E-state index is 12.4. The Hall–Kier alpha value is -2.85. The van der Waals surface area contributed by atoms with Crippen molar-refractivity contribution in [1.29, 1.82) is 0 Å². The van der Waals surface area contributed by atoms with E-state index in [2.05, 4.69) is 15.3 Å². The van der Waals surface area contributed by atoms with E-state index >= 15 is 0 Å². The summed E-state index contributed by atoms with van der Waals surface area (Å²) in [5.74, 6) is 0.00983. The molecule has 1 aliphatic rings. The quantitative estimate of drug-likeness (QED) is 0.519. The highest BCUT2D eigenvalue weighted by atomic mass is 16.6. The molecule has 0 unspecified atom stereocenters. The number of aromatic nitrogens is 3. The second kappa shape index (κ2) is 7.05. The Labute approximate surface area is 153 Å². The standard InChI is InChI=1S/C18H18N4O5/c23-8-12-13(24)14(25)18(27-12)22-7-6-11-15(19-9-20-16(11)22)21-17(26)10-4-2-1-3-5-10/h1-7,9,12-14,18,23-25H,8H2,(H,19,20,21,26)/t12-,13-,14-,18-/m1/s1. The van der Waals surface area contributed by atoms with Crippen molar-refractivity contribution >= 4 is 22.8 Å². The minimum absolute atomic E-state index is 0.309. The lowest BCUT2D eigenvalue weighted by Crippen LogP contribution is -2.33. The molecule has 2 aromatic heterocycles. The van der Waals surface area contributed by atoms with Crippen LogP contribution in [0.3, 0.4) is 0 Å². The molecule has 140 valence electrons. The Kier molecular flexibility index (Phi) is 4.58. The van der Waals surface area contributed by atoms with Gasteiger partial charge in [0.15, 0.2) is 6.23 Å². The summed E-state index contributed by atoms with van der Waals surface area (Å²) in [6.07, 6.45) is -1.33. The Morgan fingerprint density at radius 2 is 1.93 bits per heavy atom. The van der Waals surface area contributed by atoms with Gasteiger partial charge in [-0.25, -0.2) is 9.97 Å². The summed E-state index contributed by atoms with van der Waals surface area (Å²) in [6.45, 7) is -0.415. The molecule has 0 saturated carbocycles. The monoisotopic (exact) mass is 370 g/mol. The number of hydrogen-bond donors (Lipinski definition) is 4. The van der Waals surface area contributed by atoms with Crippen molar-refractivity contribution in [2.45, 2.75) is 24.5 Å². The zero-order chi connectivity index (χ0) is 19.0. The molecule has 0 radical (unpaired) electrons. The first-order valence-corrected chi connectivity index (χ1v) is 8.40. The fourth-order valence-corrected chi connectivity index (χ4v) is 3.15. The molecule has 4 rings (SSSR count). The summed E-state index contributed by atoms with van der Waals surface area (Å²) >= 11 is 0. The third-order valence-corrected chi connectivity index (χ3v) is 4.57. The molecule has 1 aliphatic heterocycles. The summed E-state index contributed by atoms with van der Waals surface area (Å²) < 4.78 is 7.08. The number of rotatable bonds is 4. The minimum atomic E-state index is -1.23. The number of nitrogens with one attached hydrogen (secondary N) is 1. The number of fused-ring (bicyclic) bond motifs is 1. The minimum Gasteiger partial charge on any atom is -0.394 e. The van der Waals surface area contributed by atoms with Gasteiger partial charge < -0.3 is 29.9 Å². The van der Waals surface area contributed by atoms with E-state index in [1.807, 2.05) is 6.07 Å². The van der Waals surface area contributed by atoms with E-state index in [0.717, 1.165) is 0 Å². The van der Waals surface area contributed by atoms with Gasteiger partial charge in [-0.15, -0.1) is 0 Å². The lowest BCUT2D eigenvalue weighted by atomic mass is 10.1. The average Bonchev–Trinajstić information content (AvgIpc) is 3.25. The molecular formula is C18H18N4O5. The number of ether oxygens (including phenoxy) is 1. The average molecular weight is 370 g/mol. The van der Waals surface area contributed by atoms with Gasteiger partial charge >= 0.3 is 0 Å². The molecule has 0 spiro atoms. The van der Waals surface area contributed by atoms with Gasteiger partial charge in [0.2, 0.25) is 0 Å². The third-order valence-electron chi connectivity index (χ3n) is 4.57. The fraction of sp³-hybridized carbons (Fsp3) is 0.278. The first-order chi connectivity index (χ1) is 13.1. The highest BCUT2D eigenvalue weighted by molar-refractivity contribution is 6.07. The Morgan fingerprint density at radius 3 is 2.63 bits per heavy atom. The number of benzene rings is 1. The number of aliphatic hydroxyl groups is 3. The number of hydrogen-bond acceptors (Lipinski definition) is 7. The molecule has 3 aromatic rings. The van der Waals surface area contributed by atoms with Crippen LogP contribution in [-0.2, 0) is 4.74 Å². The van der Waals surface area contributed by atoms with Crippen LogP contribution in [0, 0.1) is 0 Å². The van der Waals surface area contributed by atoms with E-state index in [4.69, 9.17) is 4.74 Å². The van der Waals surface area contributed by atoms with Gasteiger partial charge in [0.1, 0.15) is 36.1 Å². The van der Waals surface area contributed by atoms with Crippen LogP contribution in [0.2, 0.25) is 0 Å². The van der Waals surface area contributed by atoms with Crippen molar-refractivity contribution in [2.24, 2.45) is 0 Å². The Morgan fingerprint density at radius 1 is 1.15 bits per heavy atom. The normalized spacial score (nSPS) is 25.0. The van der Waals surface area contributed by atoms with Crippen LogP contribution < -0.4 is 5.32 Å². The van der Waals surface area contributed by atoms with Crippen molar-refractivity contribution in [2.75, 3.05) is 11.9 Å². The van der Waals surface area contributed by atoms with Gasteiger partial charge in [-0.05, 0) is 18.2 Å². The summed E-state index contributed by atoms with van der Waals surface area (Å²) in [5.41, 5.74) is 0.912. The smallest absolute Gasteiger partial charge is 0.256 e. The molecule has 0 aliphatic carbocycles. The number of aliphatic hydroxyl groups excluding tert-OH is 3. The summed E-state index contributed by atoms with van der Waals surface area (Å²) in [4.78, 5) is 20.7. The zero-order valence-corrected chi connectivity index (χ0v) is 14.1. The summed E-state index contributed by atoms with van der Waals surface area (Å²) in [7, 11) is 0. The lowest BCUT2D eigenvalue weighted by molar-refractivity contribution is -0.0508. The van der Waals surface area contributed by atoms with Crippen LogP contribution in [0.5, 0.6) is 0 Å². The molecule has 4 N–H and O–H groups in total. The van der Waals surface area contributed by atoms with Gasteiger partial charge in [-0.1, -0.05) is 18.2 Å².